The van der Waals surface area contributed by atoms with Crippen LogP contribution in [0.4, 0.5) is 0 Å². The first kappa shape index (κ1) is 17.6. The minimum atomic E-state index is -0.845. The van der Waals surface area contributed by atoms with Gasteiger partial charge in [-0.05, 0) is 49.9 Å². The highest BCUT2D eigenvalue weighted by Crippen LogP contribution is 2.46. The van der Waals surface area contributed by atoms with Crippen molar-refractivity contribution in [2.45, 2.75) is 44.6 Å². The highest BCUT2D eigenvalue weighted by molar-refractivity contribution is 6.07. The van der Waals surface area contributed by atoms with Crippen molar-refractivity contribution in [1.82, 2.24) is 10.6 Å². The molecular weight excluding hydrogens is 320 g/mol. The fourth-order valence-corrected chi connectivity index (χ4v) is 3.25. The van der Waals surface area contributed by atoms with Gasteiger partial charge in [0.25, 0.3) is 0 Å². The summed E-state index contributed by atoms with van der Waals surface area (Å²) in [4.78, 5) is 24.8. The highest BCUT2D eigenvalue weighted by atomic mass is 16.5. The van der Waals surface area contributed by atoms with E-state index in [0.717, 1.165) is 37.2 Å². The molecule has 0 heterocycles. The van der Waals surface area contributed by atoms with Gasteiger partial charge in [0.05, 0.1) is 13.7 Å². The zero-order valence-electron chi connectivity index (χ0n) is 14.7. The van der Waals surface area contributed by atoms with Crippen molar-refractivity contribution in [2.75, 3.05) is 20.3 Å². The van der Waals surface area contributed by atoms with Crippen LogP contribution in [0.3, 0.4) is 0 Å². The van der Waals surface area contributed by atoms with Crippen LogP contribution in [0.25, 0.3) is 0 Å². The SMILES string of the molecule is COc1ccc(OCCNC(=O)C2(C(=O)NC3CCCC3)CC2)cc1. The van der Waals surface area contributed by atoms with Crippen LogP contribution >= 0.6 is 0 Å². The molecule has 3 rings (SSSR count). The quantitative estimate of drug-likeness (QED) is 0.558. The first-order valence-electron chi connectivity index (χ1n) is 9.00. The van der Waals surface area contributed by atoms with Crippen molar-refractivity contribution in [3.05, 3.63) is 24.3 Å². The monoisotopic (exact) mass is 346 g/mol. The van der Waals surface area contributed by atoms with Gasteiger partial charge in [0.2, 0.25) is 11.8 Å². The Hall–Kier alpha value is -2.24. The number of carbonyl (C=O) groups is 2. The standard InChI is InChI=1S/C19H26N2O4/c1-24-15-6-8-16(9-7-15)25-13-12-20-17(22)19(10-11-19)18(23)21-14-4-2-3-5-14/h6-9,14H,2-5,10-13H2,1H3,(H,20,22)(H,21,23). The fourth-order valence-electron chi connectivity index (χ4n) is 3.25. The van der Waals surface area contributed by atoms with Gasteiger partial charge in [0, 0.05) is 6.04 Å². The van der Waals surface area contributed by atoms with E-state index in [0.29, 0.717) is 26.0 Å². The van der Waals surface area contributed by atoms with Crippen molar-refractivity contribution in [3.63, 3.8) is 0 Å². The van der Waals surface area contributed by atoms with Gasteiger partial charge in [-0.2, -0.15) is 0 Å². The summed E-state index contributed by atoms with van der Waals surface area (Å²) in [6.45, 7) is 0.738. The van der Waals surface area contributed by atoms with Crippen molar-refractivity contribution in [3.8, 4) is 11.5 Å². The summed E-state index contributed by atoms with van der Waals surface area (Å²) in [5, 5.41) is 5.88. The number of carbonyl (C=O) groups excluding carboxylic acids is 2. The van der Waals surface area contributed by atoms with Crippen LogP contribution in [0.2, 0.25) is 0 Å². The molecule has 2 amide bonds. The van der Waals surface area contributed by atoms with Gasteiger partial charge < -0.3 is 20.1 Å². The van der Waals surface area contributed by atoms with Crippen LogP contribution in [-0.4, -0.2) is 38.1 Å². The molecule has 0 radical (unpaired) electrons. The topological polar surface area (TPSA) is 76.7 Å². The maximum atomic E-state index is 12.4. The maximum absolute atomic E-state index is 12.4. The summed E-state index contributed by atoms with van der Waals surface area (Å²) in [5.41, 5.74) is -0.845. The number of methoxy groups -OCH3 is 1. The average Bonchev–Trinajstić information content (AvgIpc) is 3.30. The second kappa shape index (κ2) is 7.76. The molecule has 1 aromatic carbocycles. The molecule has 0 aliphatic heterocycles. The lowest BCUT2D eigenvalue weighted by Crippen LogP contribution is -2.46. The predicted molar refractivity (Wildman–Crippen MR) is 93.6 cm³/mol. The number of rotatable bonds is 8. The van der Waals surface area contributed by atoms with Crippen molar-refractivity contribution in [2.24, 2.45) is 5.41 Å². The van der Waals surface area contributed by atoms with Crippen LogP contribution in [0, 0.1) is 5.41 Å². The summed E-state index contributed by atoms with van der Waals surface area (Å²) < 4.78 is 10.7. The number of ether oxygens (including phenoxy) is 2. The van der Waals surface area contributed by atoms with Crippen molar-refractivity contribution in [1.29, 1.82) is 0 Å². The molecule has 0 atom stereocenters. The lowest BCUT2D eigenvalue weighted by molar-refractivity contribution is -0.137. The second-order valence-corrected chi connectivity index (χ2v) is 6.82. The zero-order valence-corrected chi connectivity index (χ0v) is 14.7. The lowest BCUT2D eigenvalue weighted by Gasteiger charge is -2.18. The van der Waals surface area contributed by atoms with E-state index in [1.54, 1.807) is 7.11 Å². The van der Waals surface area contributed by atoms with E-state index >= 15 is 0 Å². The van der Waals surface area contributed by atoms with Crippen LogP contribution in [-0.2, 0) is 9.59 Å². The Morgan fingerprint density at radius 1 is 1.08 bits per heavy atom. The molecule has 1 aromatic rings. The molecule has 0 unspecified atom stereocenters. The van der Waals surface area contributed by atoms with E-state index in [4.69, 9.17) is 9.47 Å². The lowest BCUT2D eigenvalue weighted by atomic mass is 10.0. The highest BCUT2D eigenvalue weighted by Gasteiger charge is 2.56. The molecule has 2 fully saturated rings. The molecule has 2 saturated carbocycles. The number of hydrogen-bond acceptors (Lipinski definition) is 4. The Bertz CT molecular complexity index is 604. The molecular formula is C19H26N2O4. The molecule has 6 nitrogen and oxygen atoms in total. The Morgan fingerprint density at radius 3 is 2.32 bits per heavy atom. The van der Waals surface area contributed by atoms with Crippen LogP contribution < -0.4 is 20.1 Å². The summed E-state index contributed by atoms with van der Waals surface area (Å²) in [5.74, 6) is 1.20. The molecule has 2 aliphatic carbocycles. The number of benzene rings is 1. The normalized spacial score (nSPS) is 18.4. The first-order valence-corrected chi connectivity index (χ1v) is 9.00. The minimum Gasteiger partial charge on any atom is -0.497 e. The summed E-state index contributed by atoms with van der Waals surface area (Å²) in [6, 6.07) is 7.52. The molecule has 2 N–H and O–H groups in total. The molecule has 136 valence electrons. The number of amides is 2. The van der Waals surface area contributed by atoms with E-state index in [1.807, 2.05) is 24.3 Å². The van der Waals surface area contributed by atoms with Crippen LogP contribution in [0.1, 0.15) is 38.5 Å². The zero-order chi connectivity index (χ0) is 17.7. The van der Waals surface area contributed by atoms with Gasteiger partial charge in [-0.25, -0.2) is 0 Å². The minimum absolute atomic E-state index is 0.104. The van der Waals surface area contributed by atoms with E-state index in [1.165, 1.54) is 0 Å². The molecule has 0 saturated heterocycles. The van der Waals surface area contributed by atoms with E-state index in [-0.39, 0.29) is 17.9 Å². The molecule has 0 bridgehead atoms. The molecule has 25 heavy (non-hydrogen) atoms. The van der Waals surface area contributed by atoms with Gasteiger partial charge >= 0.3 is 0 Å². The number of nitrogens with one attached hydrogen (secondary N) is 2. The van der Waals surface area contributed by atoms with Gasteiger partial charge in [-0.1, -0.05) is 12.8 Å². The van der Waals surface area contributed by atoms with E-state index in [2.05, 4.69) is 10.6 Å². The Kier molecular flexibility index (Phi) is 5.46. The first-order chi connectivity index (χ1) is 12.1. The second-order valence-electron chi connectivity index (χ2n) is 6.82. The molecule has 0 spiro atoms. The Balaban J connectivity index is 1.40. The average molecular weight is 346 g/mol. The van der Waals surface area contributed by atoms with E-state index in [9.17, 15) is 9.59 Å². The van der Waals surface area contributed by atoms with Gasteiger partial charge in [0.15, 0.2) is 0 Å². The Labute approximate surface area is 148 Å². The van der Waals surface area contributed by atoms with Crippen LogP contribution in [0.15, 0.2) is 24.3 Å². The van der Waals surface area contributed by atoms with E-state index < -0.39 is 5.41 Å². The molecule has 6 heteroatoms. The summed E-state index contributed by atoms with van der Waals surface area (Å²) in [6.07, 6.45) is 5.64. The maximum Gasteiger partial charge on any atom is 0.235 e. The van der Waals surface area contributed by atoms with Crippen molar-refractivity contribution >= 4 is 11.8 Å². The van der Waals surface area contributed by atoms with Gasteiger partial charge in [-0.15, -0.1) is 0 Å². The number of hydrogen-bond donors (Lipinski definition) is 2. The fraction of sp³-hybridized carbons (Fsp3) is 0.579. The Morgan fingerprint density at radius 2 is 1.72 bits per heavy atom. The molecule has 2 aliphatic rings. The smallest absolute Gasteiger partial charge is 0.235 e. The summed E-state index contributed by atoms with van der Waals surface area (Å²) in [7, 11) is 1.61. The van der Waals surface area contributed by atoms with Gasteiger partial charge in [-0.3, -0.25) is 9.59 Å². The summed E-state index contributed by atoms with van der Waals surface area (Å²) >= 11 is 0. The third kappa shape index (κ3) is 4.24. The van der Waals surface area contributed by atoms with Crippen LogP contribution in [0.5, 0.6) is 11.5 Å². The predicted octanol–water partition coefficient (Wildman–Crippen LogP) is 2.03. The third-order valence-corrected chi connectivity index (χ3v) is 5.03. The third-order valence-electron chi connectivity index (χ3n) is 5.03. The van der Waals surface area contributed by atoms with Gasteiger partial charge in [0.1, 0.15) is 23.5 Å². The largest absolute Gasteiger partial charge is 0.497 e. The van der Waals surface area contributed by atoms with Crippen molar-refractivity contribution < 1.29 is 19.1 Å². The molecule has 0 aromatic heterocycles.